The van der Waals surface area contributed by atoms with Crippen LogP contribution in [-0.2, 0) is 13.6 Å². The highest BCUT2D eigenvalue weighted by Crippen LogP contribution is 2.33. The fourth-order valence-corrected chi connectivity index (χ4v) is 4.14. The third kappa shape index (κ3) is 3.47. The number of nitrogens with zero attached hydrogens (tertiary/aromatic N) is 4. The van der Waals surface area contributed by atoms with Gasteiger partial charge in [0, 0.05) is 37.5 Å². The van der Waals surface area contributed by atoms with Crippen molar-refractivity contribution in [2.45, 2.75) is 38.3 Å². The normalized spacial score (nSPS) is 21.2. The SMILES string of the molecule is Cn1cc([C@@H]2CCCN2C(=O)c2cccc(CN3CCCC3)c2)cn1. The Bertz CT molecular complexity index is 748. The summed E-state index contributed by atoms with van der Waals surface area (Å²) in [6.45, 7) is 4.13. The monoisotopic (exact) mass is 338 g/mol. The molecule has 2 aliphatic heterocycles. The molecule has 2 aliphatic rings. The summed E-state index contributed by atoms with van der Waals surface area (Å²) in [5.74, 6) is 0.148. The molecule has 2 fully saturated rings. The molecule has 1 aromatic heterocycles. The van der Waals surface area contributed by atoms with Crippen molar-refractivity contribution in [3.8, 4) is 0 Å². The lowest BCUT2D eigenvalue weighted by atomic mass is 10.1. The Morgan fingerprint density at radius 3 is 2.80 bits per heavy atom. The molecule has 0 N–H and O–H groups in total. The minimum absolute atomic E-state index is 0.148. The van der Waals surface area contributed by atoms with Gasteiger partial charge in [0.15, 0.2) is 0 Å². The average Bonchev–Trinajstić information content (AvgIpc) is 3.35. The Morgan fingerprint density at radius 1 is 1.20 bits per heavy atom. The molecule has 0 spiro atoms. The van der Waals surface area contributed by atoms with Gasteiger partial charge in [-0.15, -0.1) is 0 Å². The Morgan fingerprint density at radius 2 is 2.04 bits per heavy atom. The third-order valence-electron chi connectivity index (χ3n) is 5.40. The average molecular weight is 338 g/mol. The molecule has 25 heavy (non-hydrogen) atoms. The van der Waals surface area contributed by atoms with Gasteiger partial charge in [-0.3, -0.25) is 14.4 Å². The molecule has 0 bridgehead atoms. The van der Waals surface area contributed by atoms with Crippen LogP contribution in [0, 0.1) is 0 Å². The Labute approximate surface area is 149 Å². The summed E-state index contributed by atoms with van der Waals surface area (Å²) in [7, 11) is 1.92. The summed E-state index contributed by atoms with van der Waals surface area (Å²) >= 11 is 0. The summed E-state index contributed by atoms with van der Waals surface area (Å²) in [6.07, 6.45) is 8.57. The van der Waals surface area contributed by atoms with E-state index in [-0.39, 0.29) is 11.9 Å². The molecule has 2 saturated heterocycles. The van der Waals surface area contributed by atoms with Gasteiger partial charge in [-0.1, -0.05) is 12.1 Å². The summed E-state index contributed by atoms with van der Waals surface area (Å²) in [6, 6.07) is 8.35. The molecule has 0 saturated carbocycles. The van der Waals surface area contributed by atoms with Crippen molar-refractivity contribution < 1.29 is 4.79 Å². The molecular formula is C20H26N4O. The Balaban J connectivity index is 1.51. The summed E-state index contributed by atoms with van der Waals surface area (Å²) in [5, 5.41) is 4.27. The number of benzene rings is 1. The fraction of sp³-hybridized carbons (Fsp3) is 0.500. The van der Waals surface area contributed by atoms with E-state index in [0.29, 0.717) is 0 Å². The van der Waals surface area contributed by atoms with Crippen LogP contribution < -0.4 is 0 Å². The van der Waals surface area contributed by atoms with Crippen molar-refractivity contribution in [3.05, 3.63) is 53.3 Å². The highest BCUT2D eigenvalue weighted by atomic mass is 16.2. The van der Waals surface area contributed by atoms with Crippen LogP contribution in [0.25, 0.3) is 0 Å². The van der Waals surface area contributed by atoms with E-state index in [4.69, 9.17) is 0 Å². The van der Waals surface area contributed by atoms with Crippen LogP contribution in [0.3, 0.4) is 0 Å². The van der Waals surface area contributed by atoms with E-state index in [0.717, 1.165) is 37.1 Å². The largest absolute Gasteiger partial charge is 0.331 e. The van der Waals surface area contributed by atoms with E-state index in [9.17, 15) is 4.79 Å². The maximum Gasteiger partial charge on any atom is 0.254 e. The van der Waals surface area contributed by atoms with Crippen molar-refractivity contribution in [1.29, 1.82) is 0 Å². The predicted molar refractivity (Wildman–Crippen MR) is 97.2 cm³/mol. The molecule has 3 heterocycles. The third-order valence-corrected chi connectivity index (χ3v) is 5.40. The number of aryl methyl sites for hydroxylation is 1. The van der Waals surface area contributed by atoms with Gasteiger partial charge in [0.1, 0.15) is 0 Å². The van der Waals surface area contributed by atoms with Crippen molar-refractivity contribution in [2.24, 2.45) is 7.05 Å². The number of rotatable bonds is 4. The zero-order valence-corrected chi connectivity index (χ0v) is 14.9. The first-order chi connectivity index (χ1) is 12.2. The van der Waals surface area contributed by atoms with Gasteiger partial charge in [-0.2, -0.15) is 5.10 Å². The van der Waals surface area contributed by atoms with Crippen LogP contribution >= 0.6 is 0 Å². The number of amides is 1. The van der Waals surface area contributed by atoms with Gasteiger partial charge in [0.2, 0.25) is 0 Å². The molecule has 2 aromatic rings. The second-order valence-corrected chi connectivity index (χ2v) is 7.29. The van der Waals surface area contributed by atoms with E-state index in [1.54, 1.807) is 0 Å². The quantitative estimate of drug-likeness (QED) is 0.860. The van der Waals surface area contributed by atoms with Crippen molar-refractivity contribution in [1.82, 2.24) is 19.6 Å². The topological polar surface area (TPSA) is 41.4 Å². The Kier molecular flexibility index (Phi) is 4.57. The molecule has 0 aliphatic carbocycles. The van der Waals surface area contributed by atoms with Crippen molar-refractivity contribution >= 4 is 5.91 Å². The van der Waals surface area contributed by atoms with Gasteiger partial charge in [0.05, 0.1) is 12.2 Å². The lowest BCUT2D eigenvalue weighted by Gasteiger charge is -2.24. The minimum Gasteiger partial charge on any atom is -0.331 e. The van der Waals surface area contributed by atoms with E-state index >= 15 is 0 Å². The fourth-order valence-electron chi connectivity index (χ4n) is 4.14. The molecule has 5 nitrogen and oxygen atoms in total. The van der Waals surface area contributed by atoms with Gasteiger partial charge in [-0.05, 0) is 56.5 Å². The smallest absolute Gasteiger partial charge is 0.254 e. The highest BCUT2D eigenvalue weighted by Gasteiger charge is 2.31. The maximum atomic E-state index is 13.1. The van der Waals surface area contributed by atoms with Gasteiger partial charge < -0.3 is 4.90 Å². The van der Waals surface area contributed by atoms with Crippen LogP contribution in [-0.4, -0.2) is 45.1 Å². The van der Waals surface area contributed by atoms with Crippen LogP contribution in [0.5, 0.6) is 0 Å². The zero-order chi connectivity index (χ0) is 17.2. The number of hydrogen-bond donors (Lipinski definition) is 0. The van der Waals surface area contributed by atoms with E-state index in [1.807, 2.05) is 41.2 Å². The first-order valence-corrected chi connectivity index (χ1v) is 9.31. The number of aromatic nitrogens is 2. The Hall–Kier alpha value is -2.14. The first kappa shape index (κ1) is 16.3. The number of likely N-dealkylation sites (tertiary alicyclic amines) is 2. The molecule has 0 radical (unpaired) electrons. The summed E-state index contributed by atoms with van der Waals surface area (Å²) < 4.78 is 1.81. The number of carbonyl (C=O) groups excluding carboxylic acids is 1. The van der Waals surface area contributed by atoms with Crippen LogP contribution in [0.4, 0.5) is 0 Å². The number of carbonyl (C=O) groups is 1. The van der Waals surface area contributed by atoms with Gasteiger partial charge >= 0.3 is 0 Å². The lowest BCUT2D eigenvalue weighted by Crippen LogP contribution is -2.30. The molecule has 132 valence electrons. The molecule has 4 rings (SSSR count). The molecule has 1 aromatic carbocycles. The zero-order valence-electron chi connectivity index (χ0n) is 14.9. The van der Waals surface area contributed by atoms with Crippen LogP contribution in [0.15, 0.2) is 36.7 Å². The standard InChI is InChI=1S/C20H26N4O/c1-22-15-18(13-21-22)19-8-5-11-24(19)20(25)17-7-4-6-16(12-17)14-23-9-2-3-10-23/h4,6-7,12-13,15,19H,2-3,5,8-11,14H2,1H3/t19-/m0/s1. The number of hydrogen-bond acceptors (Lipinski definition) is 3. The molecule has 5 heteroatoms. The second kappa shape index (κ2) is 7.00. The van der Waals surface area contributed by atoms with Gasteiger partial charge in [-0.25, -0.2) is 0 Å². The molecular weight excluding hydrogens is 312 g/mol. The van der Waals surface area contributed by atoms with E-state index in [1.165, 1.54) is 31.5 Å². The van der Waals surface area contributed by atoms with Crippen LogP contribution in [0.2, 0.25) is 0 Å². The van der Waals surface area contributed by atoms with Crippen molar-refractivity contribution in [2.75, 3.05) is 19.6 Å². The molecule has 1 atom stereocenters. The van der Waals surface area contributed by atoms with Gasteiger partial charge in [0.25, 0.3) is 5.91 Å². The highest BCUT2D eigenvalue weighted by molar-refractivity contribution is 5.94. The lowest BCUT2D eigenvalue weighted by molar-refractivity contribution is 0.0735. The second-order valence-electron chi connectivity index (χ2n) is 7.29. The molecule has 1 amide bonds. The first-order valence-electron chi connectivity index (χ1n) is 9.31. The predicted octanol–water partition coefficient (Wildman–Crippen LogP) is 2.99. The summed E-state index contributed by atoms with van der Waals surface area (Å²) in [4.78, 5) is 17.6. The summed E-state index contributed by atoms with van der Waals surface area (Å²) in [5.41, 5.74) is 3.19. The van der Waals surface area contributed by atoms with Crippen molar-refractivity contribution in [3.63, 3.8) is 0 Å². The van der Waals surface area contributed by atoms with E-state index < -0.39 is 0 Å². The maximum absolute atomic E-state index is 13.1. The van der Waals surface area contributed by atoms with E-state index in [2.05, 4.69) is 22.1 Å². The van der Waals surface area contributed by atoms with Crippen LogP contribution in [0.1, 0.15) is 53.2 Å². The minimum atomic E-state index is 0.148. The molecule has 0 unspecified atom stereocenters.